The van der Waals surface area contributed by atoms with Crippen LogP contribution in [0.25, 0.3) is 11.1 Å². The summed E-state index contributed by atoms with van der Waals surface area (Å²) in [6.45, 7) is 4.98. The van der Waals surface area contributed by atoms with Crippen molar-refractivity contribution < 1.29 is 14.7 Å². The normalized spacial score (nSPS) is 14.1. The Bertz CT molecular complexity index is 954. The van der Waals surface area contributed by atoms with Crippen molar-refractivity contribution in [3.05, 3.63) is 63.6 Å². The van der Waals surface area contributed by atoms with E-state index < -0.39 is 0 Å². The predicted molar refractivity (Wildman–Crippen MR) is 111 cm³/mol. The van der Waals surface area contributed by atoms with E-state index in [2.05, 4.69) is 6.58 Å². The third-order valence-corrected chi connectivity index (χ3v) is 5.46. The van der Waals surface area contributed by atoms with E-state index >= 15 is 0 Å². The molecule has 2 aromatic rings. The summed E-state index contributed by atoms with van der Waals surface area (Å²) in [4.78, 5) is 27.8. The molecule has 8 heteroatoms. The molecule has 2 aromatic carbocycles. The van der Waals surface area contributed by atoms with E-state index in [0.717, 1.165) is 0 Å². The summed E-state index contributed by atoms with van der Waals surface area (Å²) in [5.74, 6) is -0.736. The summed E-state index contributed by atoms with van der Waals surface area (Å²) >= 11 is 18.6. The zero-order valence-electron chi connectivity index (χ0n) is 14.8. The number of benzene rings is 2. The highest BCUT2D eigenvalue weighted by Gasteiger charge is 2.26. The number of carbonyl (C=O) groups is 2. The molecule has 0 atom stereocenters. The van der Waals surface area contributed by atoms with Gasteiger partial charge in [0.1, 0.15) is 5.75 Å². The van der Waals surface area contributed by atoms with Gasteiger partial charge in [0.15, 0.2) is 0 Å². The molecule has 0 bridgehead atoms. The minimum Gasteiger partial charge on any atom is -0.507 e. The Balaban J connectivity index is 1.90. The third kappa shape index (κ3) is 4.12. The van der Waals surface area contributed by atoms with Crippen LogP contribution in [-0.2, 0) is 4.79 Å². The summed E-state index contributed by atoms with van der Waals surface area (Å²) < 4.78 is 0. The maximum atomic E-state index is 13.0. The molecule has 1 aliphatic heterocycles. The molecule has 0 radical (unpaired) electrons. The molecule has 146 valence electrons. The highest BCUT2D eigenvalue weighted by Crippen LogP contribution is 2.38. The van der Waals surface area contributed by atoms with E-state index in [1.54, 1.807) is 28.0 Å². The maximum absolute atomic E-state index is 13.0. The number of carbonyl (C=O) groups excluding carboxylic acids is 2. The molecule has 0 unspecified atom stereocenters. The van der Waals surface area contributed by atoms with Gasteiger partial charge in [-0.3, -0.25) is 9.59 Å². The van der Waals surface area contributed by atoms with Gasteiger partial charge in [0.25, 0.3) is 5.91 Å². The zero-order valence-corrected chi connectivity index (χ0v) is 17.1. The fourth-order valence-electron chi connectivity index (χ4n) is 3.07. The van der Waals surface area contributed by atoms with Crippen LogP contribution >= 0.6 is 34.8 Å². The molecule has 1 saturated heterocycles. The van der Waals surface area contributed by atoms with Crippen LogP contribution in [0.2, 0.25) is 15.1 Å². The smallest absolute Gasteiger partial charge is 0.257 e. The van der Waals surface area contributed by atoms with Crippen LogP contribution in [0.1, 0.15) is 10.4 Å². The molecule has 1 fully saturated rings. The number of aromatic hydroxyl groups is 1. The lowest BCUT2D eigenvalue weighted by molar-refractivity contribution is -0.127. The molecule has 2 amide bonds. The molecule has 1 N–H and O–H groups in total. The number of phenolic OH excluding ortho intramolecular Hbond substituents is 1. The van der Waals surface area contributed by atoms with Crippen LogP contribution in [0, 0.1) is 0 Å². The van der Waals surface area contributed by atoms with Gasteiger partial charge in [0.05, 0.1) is 10.6 Å². The lowest BCUT2D eigenvalue weighted by Crippen LogP contribution is -2.50. The van der Waals surface area contributed by atoms with Gasteiger partial charge in [-0.25, -0.2) is 0 Å². The standard InChI is InChI=1S/C20H17Cl3N2O3/c1-2-19(27)24-5-7-25(8-6-24)20(28)15-10-14(17(23)11-18(15)26)13-9-12(21)3-4-16(13)22/h2-4,9-11,26H,1,5-8H2. The second kappa shape index (κ2) is 8.43. The molecule has 1 heterocycles. The van der Waals surface area contributed by atoms with Crippen molar-refractivity contribution in [1.82, 2.24) is 9.80 Å². The Hall–Kier alpha value is -2.21. The van der Waals surface area contributed by atoms with Crippen molar-refractivity contribution in [2.75, 3.05) is 26.2 Å². The SMILES string of the molecule is C=CC(=O)N1CCN(C(=O)c2cc(-c3cc(Cl)ccc3Cl)c(Cl)cc2O)CC1. The quantitative estimate of drug-likeness (QED) is 0.717. The summed E-state index contributed by atoms with van der Waals surface area (Å²) in [6.07, 6.45) is 1.25. The largest absolute Gasteiger partial charge is 0.507 e. The molecule has 0 saturated carbocycles. The molecule has 5 nitrogen and oxygen atoms in total. The second-order valence-electron chi connectivity index (χ2n) is 6.29. The van der Waals surface area contributed by atoms with E-state index in [0.29, 0.717) is 47.4 Å². The molecular formula is C20H17Cl3N2O3. The number of hydrogen-bond acceptors (Lipinski definition) is 3. The van der Waals surface area contributed by atoms with Crippen LogP contribution in [0.3, 0.4) is 0 Å². The first kappa shape index (κ1) is 20.5. The minimum atomic E-state index is -0.348. The Morgan fingerprint density at radius 2 is 1.54 bits per heavy atom. The number of amides is 2. The minimum absolute atomic E-state index is 0.110. The van der Waals surface area contributed by atoms with E-state index in [9.17, 15) is 14.7 Å². The average Bonchev–Trinajstić information content (AvgIpc) is 2.69. The van der Waals surface area contributed by atoms with E-state index in [1.807, 2.05) is 0 Å². The fourth-order valence-corrected chi connectivity index (χ4v) is 3.72. The molecule has 28 heavy (non-hydrogen) atoms. The van der Waals surface area contributed by atoms with Crippen LogP contribution in [-0.4, -0.2) is 52.9 Å². The molecular weight excluding hydrogens is 423 g/mol. The van der Waals surface area contributed by atoms with Crippen molar-refractivity contribution in [1.29, 1.82) is 0 Å². The number of piperazine rings is 1. The summed E-state index contributed by atoms with van der Waals surface area (Å²) in [5, 5.41) is 11.4. The van der Waals surface area contributed by atoms with Gasteiger partial charge in [0, 0.05) is 47.4 Å². The number of nitrogens with zero attached hydrogens (tertiary/aromatic N) is 2. The van der Waals surface area contributed by atoms with Crippen molar-refractivity contribution >= 4 is 46.6 Å². The zero-order chi connectivity index (χ0) is 20.4. The molecule has 3 rings (SSSR count). The number of hydrogen-bond donors (Lipinski definition) is 1. The van der Waals surface area contributed by atoms with Crippen molar-refractivity contribution in [3.8, 4) is 16.9 Å². The van der Waals surface area contributed by atoms with E-state index in [4.69, 9.17) is 34.8 Å². The Morgan fingerprint density at radius 3 is 2.18 bits per heavy atom. The first-order chi connectivity index (χ1) is 13.3. The van der Waals surface area contributed by atoms with Gasteiger partial charge in [-0.2, -0.15) is 0 Å². The third-order valence-electron chi connectivity index (χ3n) is 4.59. The van der Waals surface area contributed by atoms with Gasteiger partial charge >= 0.3 is 0 Å². The van der Waals surface area contributed by atoms with Crippen LogP contribution < -0.4 is 0 Å². The van der Waals surface area contributed by atoms with Crippen molar-refractivity contribution in [2.24, 2.45) is 0 Å². The Labute approximate surface area is 177 Å². The highest BCUT2D eigenvalue weighted by molar-refractivity contribution is 6.38. The van der Waals surface area contributed by atoms with Gasteiger partial charge < -0.3 is 14.9 Å². The van der Waals surface area contributed by atoms with Gasteiger partial charge in [-0.05, 0) is 36.4 Å². The summed E-state index contributed by atoms with van der Waals surface area (Å²) in [6, 6.07) is 7.77. The number of phenols is 1. The van der Waals surface area contributed by atoms with Crippen LogP contribution in [0.15, 0.2) is 43.0 Å². The topological polar surface area (TPSA) is 60.9 Å². The first-order valence-electron chi connectivity index (χ1n) is 8.50. The van der Waals surface area contributed by atoms with Crippen molar-refractivity contribution in [2.45, 2.75) is 0 Å². The predicted octanol–water partition coefficient (Wildman–Crippen LogP) is 4.49. The van der Waals surface area contributed by atoms with Gasteiger partial charge in [-0.1, -0.05) is 41.4 Å². The average molecular weight is 440 g/mol. The van der Waals surface area contributed by atoms with Crippen LogP contribution in [0.5, 0.6) is 5.75 Å². The Morgan fingerprint density at radius 1 is 0.929 bits per heavy atom. The molecule has 0 aliphatic carbocycles. The van der Waals surface area contributed by atoms with E-state index in [-0.39, 0.29) is 28.1 Å². The molecule has 0 spiro atoms. The van der Waals surface area contributed by atoms with Crippen molar-refractivity contribution in [3.63, 3.8) is 0 Å². The lowest BCUT2D eigenvalue weighted by atomic mass is 10.0. The number of rotatable bonds is 3. The Kier molecular flexibility index (Phi) is 6.18. The first-order valence-corrected chi connectivity index (χ1v) is 9.63. The second-order valence-corrected chi connectivity index (χ2v) is 7.55. The number of halogens is 3. The summed E-state index contributed by atoms with van der Waals surface area (Å²) in [5.41, 5.74) is 1.17. The maximum Gasteiger partial charge on any atom is 0.257 e. The van der Waals surface area contributed by atoms with Crippen LogP contribution in [0.4, 0.5) is 0 Å². The van der Waals surface area contributed by atoms with Gasteiger partial charge in [0.2, 0.25) is 5.91 Å². The summed E-state index contributed by atoms with van der Waals surface area (Å²) in [7, 11) is 0. The molecule has 1 aliphatic rings. The molecule has 0 aromatic heterocycles. The monoisotopic (exact) mass is 438 g/mol. The van der Waals surface area contributed by atoms with E-state index in [1.165, 1.54) is 18.2 Å². The lowest BCUT2D eigenvalue weighted by Gasteiger charge is -2.34. The highest BCUT2D eigenvalue weighted by atomic mass is 35.5. The van der Waals surface area contributed by atoms with Gasteiger partial charge in [-0.15, -0.1) is 0 Å². The fraction of sp³-hybridized carbons (Fsp3) is 0.200.